The van der Waals surface area contributed by atoms with E-state index in [-0.39, 0.29) is 22.4 Å². The number of hydrogen-bond donors (Lipinski definition) is 6. The first-order valence-corrected chi connectivity index (χ1v) is 10.8. The Morgan fingerprint density at radius 2 is 1.67 bits per heavy atom. The lowest BCUT2D eigenvalue weighted by Crippen LogP contribution is -2.21. The Kier molecular flexibility index (Phi) is 9.76. The van der Waals surface area contributed by atoms with Crippen LogP contribution < -0.4 is 21.7 Å². The van der Waals surface area contributed by atoms with Crippen LogP contribution in [0.5, 0.6) is 0 Å². The molecule has 0 saturated carbocycles. The van der Waals surface area contributed by atoms with Crippen LogP contribution in [0.3, 0.4) is 0 Å². The minimum absolute atomic E-state index is 0.0299. The van der Waals surface area contributed by atoms with E-state index in [1.807, 2.05) is 6.92 Å². The van der Waals surface area contributed by atoms with E-state index in [4.69, 9.17) is 27.2 Å². The quantitative estimate of drug-likeness (QED) is 0.207. The maximum absolute atomic E-state index is 12.7. The number of aromatic amines is 1. The number of anilines is 3. The summed E-state index contributed by atoms with van der Waals surface area (Å²) in [7, 11) is 0. The van der Waals surface area contributed by atoms with E-state index in [0.29, 0.717) is 11.4 Å². The second-order valence-corrected chi connectivity index (χ2v) is 7.98. The number of hydrogen-bond acceptors (Lipinski definition) is 5. The number of primary amides is 1. The SMILES string of the molecule is CC(Nc1c[nH]nc1C(N)=O)c1cccc(NC(=O)Nc2ccc(C(F)(F)F)cc2Cl)c1.O=C(O)C(F)(F)F. The van der Waals surface area contributed by atoms with E-state index in [1.54, 1.807) is 24.3 Å². The van der Waals surface area contributed by atoms with Crippen LogP contribution in [0.25, 0.3) is 0 Å². The molecule has 3 rings (SSSR count). The van der Waals surface area contributed by atoms with Crippen molar-refractivity contribution in [3.8, 4) is 0 Å². The number of nitrogens with two attached hydrogens (primary N) is 1. The first-order valence-electron chi connectivity index (χ1n) is 10.4. The van der Waals surface area contributed by atoms with Gasteiger partial charge in [-0.1, -0.05) is 23.7 Å². The molecule has 17 heteroatoms. The van der Waals surface area contributed by atoms with E-state index in [1.165, 1.54) is 6.20 Å². The highest BCUT2D eigenvalue weighted by Gasteiger charge is 2.38. The first-order chi connectivity index (χ1) is 18.0. The molecule has 3 aromatic rings. The minimum Gasteiger partial charge on any atom is -0.475 e. The largest absolute Gasteiger partial charge is 0.490 e. The minimum atomic E-state index is -5.08. The number of carbonyl (C=O) groups excluding carboxylic acids is 2. The maximum atomic E-state index is 12.7. The van der Waals surface area contributed by atoms with Crippen LogP contribution in [0, 0.1) is 0 Å². The number of halogens is 7. The molecular formula is C22H19ClF6N6O4. The van der Waals surface area contributed by atoms with Crippen molar-refractivity contribution in [3.63, 3.8) is 0 Å². The fourth-order valence-corrected chi connectivity index (χ4v) is 3.10. The van der Waals surface area contributed by atoms with Crippen molar-refractivity contribution in [2.45, 2.75) is 25.3 Å². The predicted molar refractivity (Wildman–Crippen MR) is 128 cm³/mol. The highest BCUT2D eigenvalue weighted by Crippen LogP contribution is 2.34. The molecule has 0 bridgehead atoms. The number of amides is 3. The lowest BCUT2D eigenvalue weighted by atomic mass is 10.1. The molecule has 0 aliphatic rings. The Labute approximate surface area is 220 Å². The van der Waals surface area contributed by atoms with Gasteiger partial charge in [-0.25, -0.2) is 9.59 Å². The van der Waals surface area contributed by atoms with Crippen molar-refractivity contribution in [2.75, 3.05) is 16.0 Å². The lowest BCUT2D eigenvalue weighted by molar-refractivity contribution is -0.192. The van der Waals surface area contributed by atoms with Crippen LogP contribution in [0.1, 0.15) is 34.6 Å². The molecule has 0 fully saturated rings. The maximum Gasteiger partial charge on any atom is 0.490 e. The normalized spacial score (nSPS) is 12.0. The highest BCUT2D eigenvalue weighted by molar-refractivity contribution is 6.33. The molecule has 210 valence electrons. The van der Waals surface area contributed by atoms with Crippen LogP contribution >= 0.6 is 11.6 Å². The molecule has 0 saturated heterocycles. The molecule has 2 aromatic carbocycles. The van der Waals surface area contributed by atoms with Gasteiger partial charge in [0.1, 0.15) is 0 Å². The number of benzene rings is 2. The van der Waals surface area contributed by atoms with Gasteiger partial charge in [0, 0.05) is 17.9 Å². The number of alkyl halides is 6. The third-order valence-electron chi connectivity index (χ3n) is 4.68. The molecule has 0 radical (unpaired) electrons. The lowest BCUT2D eigenvalue weighted by Gasteiger charge is -2.16. The third kappa shape index (κ3) is 9.10. The number of urea groups is 1. The molecule has 1 unspecified atom stereocenters. The van der Waals surface area contributed by atoms with Crippen LogP contribution in [-0.2, 0) is 11.0 Å². The van der Waals surface area contributed by atoms with E-state index in [9.17, 15) is 35.9 Å². The second kappa shape index (κ2) is 12.4. The zero-order valence-corrected chi connectivity index (χ0v) is 20.3. The van der Waals surface area contributed by atoms with Gasteiger partial charge in [0.05, 0.1) is 22.0 Å². The van der Waals surface area contributed by atoms with Crippen molar-refractivity contribution in [1.29, 1.82) is 0 Å². The summed E-state index contributed by atoms with van der Waals surface area (Å²) in [5.74, 6) is -3.44. The molecule has 1 atom stereocenters. The summed E-state index contributed by atoms with van der Waals surface area (Å²) in [6.07, 6.45) is -8.12. The molecular weight excluding hydrogens is 562 g/mol. The fraction of sp³-hybridized carbons (Fsp3) is 0.182. The zero-order valence-electron chi connectivity index (χ0n) is 19.5. The molecule has 1 heterocycles. The molecule has 1 aromatic heterocycles. The Balaban J connectivity index is 0.000000673. The van der Waals surface area contributed by atoms with Crippen molar-refractivity contribution in [3.05, 3.63) is 70.5 Å². The Bertz CT molecular complexity index is 1350. The van der Waals surface area contributed by atoms with E-state index in [2.05, 4.69) is 26.1 Å². The smallest absolute Gasteiger partial charge is 0.475 e. The fourth-order valence-electron chi connectivity index (χ4n) is 2.87. The summed E-state index contributed by atoms with van der Waals surface area (Å²) in [6.45, 7) is 1.83. The average Bonchev–Trinajstić information content (AvgIpc) is 3.28. The van der Waals surface area contributed by atoms with Gasteiger partial charge in [0.15, 0.2) is 5.69 Å². The molecule has 39 heavy (non-hydrogen) atoms. The van der Waals surface area contributed by atoms with Crippen LogP contribution in [0.2, 0.25) is 5.02 Å². The summed E-state index contributed by atoms with van der Waals surface area (Å²) in [6, 6.07) is 8.51. The predicted octanol–water partition coefficient (Wildman–Crippen LogP) is 5.63. The number of aromatic nitrogens is 2. The Morgan fingerprint density at radius 3 is 2.21 bits per heavy atom. The molecule has 0 aliphatic heterocycles. The monoisotopic (exact) mass is 580 g/mol. The molecule has 0 spiro atoms. The first kappa shape index (κ1) is 30.8. The average molecular weight is 581 g/mol. The Hall–Kier alpha value is -4.47. The topological polar surface area (TPSA) is 162 Å². The van der Waals surface area contributed by atoms with Gasteiger partial charge in [0.2, 0.25) is 0 Å². The third-order valence-corrected chi connectivity index (χ3v) is 4.99. The highest BCUT2D eigenvalue weighted by atomic mass is 35.5. The summed E-state index contributed by atoms with van der Waals surface area (Å²) in [4.78, 5) is 32.6. The number of H-pyrrole nitrogens is 1. The van der Waals surface area contributed by atoms with Gasteiger partial charge in [-0.2, -0.15) is 31.4 Å². The zero-order chi connectivity index (χ0) is 29.5. The van der Waals surface area contributed by atoms with Gasteiger partial charge in [-0.15, -0.1) is 0 Å². The number of aliphatic carboxylic acids is 1. The summed E-state index contributed by atoms with van der Waals surface area (Å²) >= 11 is 5.86. The number of rotatable bonds is 6. The summed E-state index contributed by atoms with van der Waals surface area (Å²) in [5.41, 5.74) is 6.08. The molecule has 3 amide bonds. The van der Waals surface area contributed by atoms with Crippen LogP contribution in [0.4, 0.5) is 48.2 Å². The van der Waals surface area contributed by atoms with Crippen LogP contribution in [-0.4, -0.2) is 39.4 Å². The number of nitrogens with one attached hydrogen (secondary N) is 4. The van der Waals surface area contributed by atoms with Gasteiger partial charge >= 0.3 is 24.4 Å². The van der Waals surface area contributed by atoms with Crippen molar-refractivity contribution < 1.29 is 45.8 Å². The number of carbonyl (C=O) groups is 3. The summed E-state index contributed by atoms with van der Waals surface area (Å²) < 4.78 is 70.0. The van der Waals surface area contributed by atoms with Crippen LogP contribution in [0.15, 0.2) is 48.7 Å². The van der Waals surface area contributed by atoms with Crippen molar-refractivity contribution in [2.24, 2.45) is 5.73 Å². The van der Waals surface area contributed by atoms with E-state index >= 15 is 0 Å². The standard InChI is InChI=1S/C20H18ClF3N6O2.C2HF3O2/c1-10(27-16-9-26-30-17(16)18(25)31)11-3-2-4-13(7-11)28-19(32)29-15-6-5-12(8-14(15)21)20(22,23)24;3-2(4,5)1(6)7/h2-10,27H,1H3,(H2,25,31)(H,26,30)(H2,28,29,32);(H,6,7). The molecule has 0 aliphatic carbocycles. The van der Waals surface area contributed by atoms with E-state index in [0.717, 1.165) is 23.8 Å². The second-order valence-electron chi connectivity index (χ2n) is 7.58. The molecule has 10 nitrogen and oxygen atoms in total. The number of carboxylic acid groups (broad SMARTS) is 1. The van der Waals surface area contributed by atoms with Gasteiger partial charge in [-0.05, 0) is 42.8 Å². The van der Waals surface area contributed by atoms with Gasteiger partial charge in [0.25, 0.3) is 5.91 Å². The number of carboxylic acids is 1. The number of nitrogens with zero attached hydrogens (tertiary/aromatic N) is 1. The van der Waals surface area contributed by atoms with E-state index < -0.39 is 35.8 Å². The van der Waals surface area contributed by atoms with Gasteiger partial charge in [-0.3, -0.25) is 9.89 Å². The van der Waals surface area contributed by atoms with Crippen molar-refractivity contribution in [1.82, 2.24) is 10.2 Å². The van der Waals surface area contributed by atoms with Gasteiger partial charge < -0.3 is 26.8 Å². The molecule has 7 N–H and O–H groups in total. The Morgan fingerprint density at radius 1 is 1.03 bits per heavy atom. The van der Waals surface area contributed by atoms with Crippen molar-refractivity contribution >= 4 is 46.6 Å². The summed E-state index contributed by atoms with van der Waals surface area (Å²) in [5, 5.41) is 21.3.